The summed E-state index contributed by atoms with van der Waals surface area (Å²) in [6.07, 6.45) is 3.51. The van der Waals surface area contributed by atoms with E-state index >= 15 is 0 Å². The van der Waals surface area contributed by atoms with E-state index in [0.717, 1.165) is 24.2 Å². The summed E-state index contributed by atoms with van der Waals surface area (Å²) in [4.78, 5) is 15.8. The molecule has 0 spiro atoms. The molecule has 0 amide bonds. The van der Waals surface area contributed by atoms with Gasteiger partial charge >= 0.3 is 0 Å². The van der Waals surface area contributed by atoms with Gasteiger partial charge in [-0.05, 0) is 49.2 Å². The smallest absolute Gasteiger partial charge is 0.220 e. The minimum atomic E-state index is -0.439. The second-order valence-corrected chi connectivity index (χ2v) is 5.50. The molecule has 0 unspecified atom stereocenters. The molecule has 0 fully saturated rings. The van der Waals surface area contributed by atoms with Crippen molar-refractivity contribution in [1.29, 1.82) is 0 Å². The average molecular weight is 341 g/mol. The third kappa shape index (κ3) is 5.64. The number of rotatable bonds is 8. The van der Waals surface area contributed by atoms with Crippen LogP contribution in [0.15, 0.2) is 52.3 Å². The van der Waals surface area contributed by atoms with E-state index in [-0.39, 0.29) is 5.75 Å². The van der Waals surface area contributed by atoms with Crippen molar-refractivity contribution in [3.8, 4) is 17.2 Å². The minimum Gasteiger partial charge on any atom is -0.504 e. The monoisotopic (exact) mass is 341 g/mol. The molecule has 0 saturated carbocycles. The Morgan fingerprint density at radius 2 is 1.72 bits per heavy atom. The molecular formula is C20H23NO4. The van der Waals surface area contributed by atoms with Crippen LogP contribution >= 0.6 is 0 Å². The number of benzene rings is 1. The Morgan fingerprint density at radius 1 is 1.00 bits per heavy atom. The van der Waals surface area contributed by atoms with Gasteiger partial charge in [-0.1, -0.05) is 13.8 Å². The lowest BCUT2D eigenvalue weighted by molar-refractivity contribution is 0.301. The lowest BCUT2D eigenvalue weighted by Gasteiger charge is -2.11. The van der Waals surface area contributed by atoms with Crippen molar-refractivity contribution in [3.05, 3.63) is 58.3 Å². The number of nitrogens with zero attached hydrogens (tertiary/aromatic N) is 1. The summed E-state index contributed by atoms with van der Waals surface area (Å²) in [6, 6.07) is 11.4. The van der Waals surface area contributed by atoms with Crippen molar-refractivity contribution in [3.63, 3.8) is 0 Å². The quantitative estimate of drug-likeness (QED) is 0.735. The first-order valence-electron chi connectivity index (χ1n) is 8.41. The largest absolute Gasteiger partial charge is 0.504 e. The van der Waals surface area contributed by atoms with E-state index in [9.17, 15) is 9.90 Å². The number of aromatic hydroxyl groups is 1. The van der Waals surface area contributed by atoms with Gasteiger partial charge in [0.1, 0.15) is 11.5 Å². The molecule has 0 heterocycles. The summed E-state index contributed by atoms with van der Waals surface area (Å²) in [5, 5.41) is 9.43. The Labute approximate surface area is 147 Å². The van der Waals surface area contributed by atoms with E-state index in [1.165, 1.54) is 12.1 Å². The molecule has 2 rings (SSSR count). The van der Waals surface area contributed by atoms with Crippen molar-refractivity contribution in [2.24, 2.45) is 4.99 Å². The third-order valence-electron chi connectivity index (χ3n) is 3.34. The van der Waals surface area contributed by atoms with Gasteiger partial charge in [-0.2, -0.15) is 0 Å². The topological polar surface area (TPSA) is 68.1 Å². The molecular weight excluding hydrogens is 318 g/mol. The van der Waals surface area contributed by atoms with Crippen molar-refractivity contribution in [1.82, 2.24) is 0 Å². The maximum atomic E-state index is 11.4. The summed E-state index contributed by atoms with van der Waals surface area (Å²) in [6.45, 7) is 5.36. The van der Waals surface area contributed by atoms with Crippen LogP contribution in [-0.2, 0) is 0 Å². The molecule has 132 valence electrons. The van der Waals surface area contributed by atoms with Crippen LogP contribution in [0.5, 0.6) is 17.2 Å². The number of ether oxygens (including phenoxy) is 2. The molecule has 0 atom stereocenters. The van der Waals surface area contributed by atoms with Crippen LogP contribution in [0.2, 0.25) is 0 Å². The predicted octanol–water partition coefficient (Wildman–Crippen LogP) is 4.08. The zero-order valence-corrected chi connectivity index (χ0v) is 14.6. The predicted molar refractivity (Wildman–Crippen MR) is 99.6 cm³/mol. The summed E-state index contributed by atoms with van der Waals surface area (Å²) < 4.78 is 11.4. The normalized spacial score (nSPS) is 10.8. The SMILES string of the molecule is CCCOc1ccc(C=Nc2ccc(O)c(=O)cc2)c(OCCC)c1. The van der Waals surface area contributed by atoms with Gasteiger partial charge in [-0.15, -0.1) is 0 Å². The van der Waals surface area contributed by atoms with E-state index < -0.39 is 5.43 Å². The van der Waals surface area contributed by atoms with Crippen molar-refractivity contribution >= 4 is 11.9 Å². The summed E-state index contributed by atoms with van der Waals surface area (Å²) in [5.74, 6) is 1.16. The molecule has 5 nitrogen and oxygen atoms in total. The van der Waals surface area contributed by atoms with E-state index in [4.69, 9.17) is 9.47 Å². The molecule has 0 bridgehead atoms. The molecule has 2 aromatic carbocycles. The highest BCUT2D eigenvalue weighted by Gasteiger charge is 2.05. The Morgan fingerprint density at radius 3 is 2.48 bits per heavy atom. The lowest BCUT2D eigenvalue weighted by atomic mass is 10.2. The van der Waals surface area contributed by atoms with Crippen molar-refractivity contribution in [2.75, 3.05) is 13.2 Å². The maximum Gasteiger partial charge on any atom is 0.220 e. The van der Waals surface area contributed by atoms with E-state index in [2.05, 4.69) is 11.9 Å². The first-order chi connectivity index (χ1) is 12.1. The standard InChI is InChI=1S/C20H23NO4/c1-3-11-24-17-8-5-15(20(13-17)25-12-4-2)14-21-16-6-9-18(22)19(23)10-7-16/h5-10,13-14H,3-4,11-12H2,1-2H3,(H,22,23). The molecule has 0 aliphatic carbocycles. The molecule has 0 radical (unpaired) electrons. The average Bonchev–Trinajstić information content (AvgIpc) is 2.79. The number of hydrogen-bond donors (Lipinski definition) is 1. The minimum absolute atomic E-state index is 0.300. The van der Waals surface area contributed by atoms with Crippen molar-refractivity contribution in [2.45, 2.75) is 26.7 Å². The highest BCUT2D eigenvalue weighted by Crippen LogP contribution is 2.25. The Hall–Kier alpha value is -2.82. The first-order valence-corrected chi connectivity index (χ1v) is 8.41. The second-order valence-electron chi connectivity index (χ2n) is 5.50. The van der Waals surface area contributed by atoms with E-state index in [1.54, 1.807) is 18.3 Å². The Bertz CT molecular complexity index is 787. The fourth-order valence-electron chi connectivity index (χ4n) is 2.05. The number of aliphatic imine (C=N–C) groups is 1. The lowest BCUT2D eigenvalue weighted by Crippen LogP contribution is -2.01. The van der Waals surface area contributed by atoms with Crippen LogP contribution in [0.3, 0.4) is 0 Å². The first kappa shape index (κ1) is 18.5. The van der Waals surface area contributed by atoms with Gasteiger partial charge < -0.3 is 14.6 Å². The molecule has 1 N–H and O–H groups in total. The zero-order chi connectivity index (χ0) is 18.1. The molecule has 0 aromatic heterocycles. The van der Waals surface area contributed by atoms with Crippen LogP contribution in [-0.4, -0.2) is 24.5 Å². The Kier molecular flexibility index (Phi) is 7.01. The van der Waals surface area contributed by atoms with Gasteiger partial charge in [0.15, 0.2) is 5.75 Å². The van der Waals surface area contributed by atoms with Gasteiger partial charge in [0.25, 0.3) is 0 Å². The molecule has 0 aliphatic heterocycles. The summed E-state index contributed by atoms with van der Waals surface area (Å²) in [7, 11) is 0. The van der Waals surface area contributed by atoms with Gasteiger partial charge in [-0.25, -0.2) is 0 Å². The fourth-order valence-corrected chi connectivity index (χ4v) is 2.05. The second kappa shape index (κ2) is 9.47. The van der Waals surface area contributed by atoms with Gasteiger partial charge in [0.2, 0.25) is 5.43 Å². The van der Waals surface area contributed by atoms with Gasteiger partial charge in [0.05, 0.1) is 18.9 Å². The highest BCUT2D eigenvalue weighted by atomic mass is 16.5. The highest BCUT2D eigenvalue weighted by molar-refractivity contribution is 5.85. The molecule has 0 aliphatic rings. The van der Waals surface area contributed by atoms with E-state index in [1.807, 2.05) is 25.1 Å². The van der Waals surface area contributed by atoms with Crippen LogP contribution in [0, 0.1) is 0 Å². The molecule has 0 saturated heterocycles. The fraction of sp³-hybridized carbons (Fsp3) is 0.300. The maximum absolute atomic E-state index is 11.4. The summed E-state index contributed by atoms with van der Waals surface area (Å²) in [5.41, 5.74) is 0.936. The molecule has 5 heteroatoms. The van der Waals surface area contributed by atoms with Gasteiger partial charge in [0, 0.05) is 17.8 Å². The molecule has 2 aromatic rings. The van der Waals surface area contributed by atoms with Crippen LogP contribution in [0.1, 0.15) is 32.3 Å². The summed E-state index contributed by atoms with van der Waals surface area (Å²) >= 11 is 0. The number of hydrogen-bond acceptors (Lipinski definition) is 5. The molecule has 25 heavy (non-hydrogen) atoms. The zero-order valence-electron chi connectivity index (χ0n) is 14.6. The van der Waals surface area contributed by atoms with Crippen molar-refractivity contribution < 1.29 is 14.6 Å². The Balaban J connectivity index is 2.27. The third-order valence-corrected chi connectivity index (χ3v) is 3.34. The van der Waals surface area contributed by atoms with E-state index in [0.29, 0.717) is 24.7 Å². The van der Waals surface area contributed by atoms with Gasteiger partial charge in [-0.3, -0.25) is 9.79 Å². The van der Waals surface area contributed by atoms with Crippen LogP contribution in [0.4, 0.5) is 5.69 Å². The van der Waals surface area contributed by atoms with Crippen LogP contribution < -0.4 is 14.9 Å². The van der Waals surface area contributed by atoms with Crippen LogP contribution in [0.25, 0.3) is 0 Å².